The van der Waals surface area contributed by atoms with Crippen molar-refractivity contribution in [2.75, 3.05) is 7.11 Å². The molecule has 0 unspecified atom stereocenters. The Morgan fingerprint density at radius 3 is 2.67 bits per heavy atom. The van der Waals surface area contributed by atoms with E-state index in [-0.39, 0.29) is 5.91 Å². The third-order valence-corrected chi connectivity index (χ3v) is 4.54. The number of aliphatic imine (C=N–C) groups is 1. The fourth-order valence-electron chi connectivity index (χ4n) is 2.18. The van der Waals surface area contributed by atoms with Crippen LogP contribution >= 0.6 is 23.4 Å². The van der Waals surface area contributed by atoms with Gasteiger partial charge in [0.25, 0.3) is 5.91 Å². The summed E-state index contributed by atoms with van der Waals surface area (Å²) in [5.41, 5.74) is 2.71. The van der Waals surface area contributed by atoms with E-state index in [1.807, 2.05) is 31.2 Å². The van der Waals surface area contributed by atoms with Crippen molar-refractivity contribution in [2.45, 2.75) is 6.92 Å². The number of amides is 1. The van der Waals surface area contributed by atoms with Crippen molar-refractivity contribution in [3.8, 4) is 5.75 Å². The summed E-state index contributed by atoms with van der Waals surface area (Å²) >= 11 is 7.32. The predicted molar refractivity (Wildman–Crippen MR) is 100.0 cm³/mol. The van der Waals surface area contributed by atoms with Gasteiger partial charge in [0, 0.05) is 10.6 Å². The largest absolute Gasteiger partial charge is 0.496 e. The minimum Gasteiger partial charge on any atom is -0.496 e. The zero-order valence-corrected chi connectivity index (χ0v) is 14.7. The molecule has 1 amide bonds. The first-order valence-electron chi connectivity index (χ1n) is 7.25. The maximum Gasteiger partial charge on any atom is 0.264 e. The molecule has 1 aliphatic rings. The molecule has 4 nitrogen and oxygen atoms in total. The van der Waals surface area contributed by atoms with Gasteiger partial charge in [-0.2, -0.15) is 0 Å². The summed E-state index contributed by atoms with van der Waals surface area (Å²) in [6, 6.07) is 13.1. The normalized spacial score (nSPS) is 17.4. The van der Waals surface area contributed by atoms with Crippen molar-refractivity contribution in [2.24, 2.45) is 4.99 Å². The van der Waals surface area contributed by atoms with Gasteiger partial charge in [-0.3, -0.25) is 4.79 Å². The van der Waals surface area contributed by atoms with E-state index in [2.05, 4.69) is 10.3 Å². The van der Waals surface area contributed by atoms with Crippen LogP contribution in [0.2, 0.25) is 5.02 Å². The number of thioether (sulfide) groups is 1. The fraction of sp³-hybridized carbons (Fsp3) is 0.111. The molecule has 1 saturated heterocycles. The number of hydrogen-bond acceptors (Lipinski definition) is 4. The second-order valence-corrected chi connectivity index (χ2v) is 6.67. The van der Waals surface area contributed by atoms with E-state index in [4.69, 9.17) is 16.3 Å². The highest BCUT2D eigenvalue weighted by molar-refractivity contribution is 8.18. The highest BCUT2D eigenvalue weighted by Crippen LogP contribution is 2.31. The summed E-state index contributed by atoms with van der Waals surface area (Å²) in [6.45, 7) is 2.02. The molecule has 0 spiro atoms. The number of amidine groups is 1. The van der Waals surface area contributed by atoms with Gasteiger partial charge >= 0.3 is 0 Å². The molecule has 2 aromatic rings. The Morgan fingerprint density at radius 1 is 1.21 bits per heavy atom. The van der Waals surface area contributed by atoms with Crippen LogP contribution in [0, 0.1) is 6.92 Å². The summed E-state index contributed by atoms with van der Waals surface area (Å²) in [5.74, 6) is 0.470. The second kappa shape index (κ2) is 7.11. The lowest BCUT2D eigenvalue weighted by molar-refractivity contribution is -0.115. The van der Waals surface area contributed by atoms with Crippen LogP contribution in [-0.2, 0) is 4.79 Å². The number of aryl methyl sites for hydroxylation is 1. The molecule has 0 saturated carbocycles. The van der Waals surface area contributed by atoms with Gasteiger partial charge in [-0.15, -0.1) is 0 Å². The van der Waals surface area contributed by atoms with Crippen LogP contribution in [-0.4, -0.2) is 18.2 Å². The number of carbonyl (C=O) groups excluding carboxylic acids is 1. The first-order chi connectivity index (χ1) is 11.5. The lowest BCUT2D eigenvalue weighted by atomic mass is 10.2. The molecule has 1 N–H and O–H groups in total. The molecule has 122 valence electrons. The first kappa shape index (κ1) is 16.6. The number of benzene rings is 2. The summed E-state index contributed by atoms with van der Waals surface area (Å²) in [4.78, 5) is 17.2. The number of methoxy groups -OCH3 is 1. The predicted octanol–water partition coefficient (Wildman–Crippen LogP) is 4.55. The standard InChI is InChI=1S/C18H15ClN2O2S/c1-11-3-6-14(7-4-11)20-18-21-17(22)16(24-18)10-12-9-13(19)5-8-15(12)23-2/h3-10H,1-2H3,(H,20,21,22)/b16-10-. The van der Waals surface area contributed by atoms with Gasteiger partial charge in [-0.1, -0.05) is 29.3 Å². The molecule has 6 heteroatoms. The molecular weight excluding hydrogens is 344 g/mol. The van der Waals surface area contributed by atoms with Crippen LogP contribution in [0.3, 0.4) is 0 Å². The third kappa shape index (κ3) is 3.80. The van der Waals surface area contributed by atoms with Crippen molar-refractivity contribution >= 4 is 46.2 Å². The third-order valence-electron chi connectivity index (χ3n) is 3.39. The van der Waals surface area contributed by atoms with E-state index in [1.54, 1.807) is 31.4 Å². The number of ether oxygens (including phenoxy) is 1. The average Bonchev–Trinajstić information content (AvgIpc) is 2.89. The van der Waals surface area contributed by atoms with Gasteiger partial charge in [0.15, 0.2) is 5.17 Å². The highest BCUT2D eigenvalue weighted by atomic mass is 35.5. The number of hydrogen-bond donors (Lipinski definition) is 1. The van der Waals surface area contributed by atoms with Crippen molar-refractivity contribution in [3.05, 3.63) is 63.5 Å². The Morgan fingerprint density at radius 2 is 1.96 bits per heavy atom. The number of halogens is 1. The van der Waals surface area contributed by atoms with E-state index in [0.717, 1.165) is 16.8 Å². The molecule has 0 atom stereocenters. The number of rotatable bonds is 3. The second-order valence-electron chi connectivity index (χ2n) is 5.20. The summed E-state index contributed by atoms with van der Waals surface area (Å²) in [5, 5.41) is 3.91. The van der Waals surface area contributed by atoms with Gasteiger partial charge in [0.1, 0.15) is 5.75 Å². The lowest BCUT2D eigenvalue weighted by Gasteiger charge is -2.05. The molecule has 3 rings (SSSR count). The topological polar surface area (TPSA) is 50.7 Å². The van der Waals surface area contributed by atoms with Crippen LogP contribution in [0.1, 0.15) is 11.1 Å². The van der Waals surface area contributed by atoms with E-state index in [1.165, 1.54) is 11.8 Å². The van der Waals surface area contributed by atoms with Gasteiger partial charge in [-0.05, 0) is 55.1 Å². The van der Waals surface area contributed by atoms with Crippen LogP contribution < -0.4 is 10.1 Å². The Labute approximate surface area is 149 Å². The Bertz CT molecular complexity index is 845. The molecule has 2 aromatic carbocycles. The van der Waals surface area contributed by atoms with Crippen LogP contribution in [0.5, 0.6) is 5.75 Å². The van der Waals surface area contributed by atoms with E-state index in [9.17, 15) is 4.79 Å². The van der Waals surface area contributed by atoms with E-state index < -0.39 is 0 Å². The van der Waals surface area contributed by atoms with Crippen LogP contribution in [0.4, 0.5) is 5.69 Å². The quantitative estimate of drug-likeness (QED) is 0.819. The van der Waals surface area contributed by atoms with Crippen LogP contribution in [0.25, 0.3) is 6.08 Å². The zero-order chi connectivity index (χ0) is 17.1. The molecule has 0 aromatic heterocycles. The van der Waals surface area contributed by atoms with Gasteiger partial charge < -0.3 is 10.1 Å². The fourth-order valence-corrected chi connectivity index (χ4v) is 3.19. The minimum atomic E-state index is -0.187. The SMILES string of the molecule is COc1ccc(Cl)cc1/C=C1\SC(=Nc2ccc(C)cc2)NC1=O. The zero-order valence-electron chi connectivity index (χ0n) is 13.2. The highest BCUT2D eigenvalue weighted by Gasteiger charge is 2.24. The lowest BCUT2D eigenvalue weighted by Crippen LogP contribution is -2.19. The first-order valence-corrected chi connectivity index (χ1v) is 8.44. The van der Waals surface area contributed by atoms with Gasteiger partial charge in [0.2, 0.25) is 0 Å². The molecular formula is C18H15ClN2O2S. The monoisotopic (exact) mass is 358 g/mol. The maximum atomic E-state index is 12.2. The Kier molecular flexibility index (Phi) is 4.92. The number of nitrogens with one attached hydrogen (secondary N) is 1. The molecule has 1 heterocycles. The molecule has 0 bridgehead atoms. The minimum absolute atomic E-state index is 0.187. The average molecular weight is 359 g/mol. The van der Waals surface area contributed by atoms with Gasteiger partial charge in [-0.25, -0.2) is 4.99 Å². The molecule has 1 aliphatic heterocycles. The van der Waals surface area contributed by atoms with Crippen molar-refractivity contribution in [1.82, 2.24) is 5.32 Å². The Balaban J connectivity index is 1.87. The molecule has 24 heavy (non-hydrogen) atoms. The van der Waals surface area contributed by atoms with Crippen molar-refractivity contribution < 1.29 is 9.53 Å². The Hall–Kier alpha value is -2.24. The molecule has 0 radical (unpaired) electrons. The van der Waals surface area contributed by atoms with E-state index in [0.29, 0.717) is 20.8 Å². The van der Waals surface area contributed by atoms with Gasteiger partial charge in [0.05, 0.1) is 17.7 Å². The molecule has 1 fully saturated rings. The summed E-state index contributed by atoms with van der Waals surface area (Å²) < 4.78 is 5.31. The van der Waals surface area contributed by atoms with Crippen molar-refractivity contribution in [3.63, 3.8) is 0 Å². The summed E-state index contributed by atoms with van der Waals surface area (Å²) in [6.07, 6.45) is 1.75. The van der Waals surface area contributed by atoms with Crippen molar-refractivity contribution in [1.29, 1.82) is 0 Å². The summed E-state index contributed by atoms with van der Waals surface area (Å²) in [7, 11) is 1.58. The number of nitrogens with zero attached hydrogens (tertiary/aromatic N) is 1. The molecule has 0 aliphatic carbocycles. The van der Waals surface area contributed by atoms with Crippen LogP contribution in [0.15, 0.2) is 52.4 Å². The van der Waals surface area contributed by atoms with E-state index >= 15 is 0 Å². The maximum absolute atomic E-state index is 12.2. The number of carbonyl (C=O) groups is 1. The smallest absolute Gasteiger partial charge is 0.264 e.